The Morgan fingerprint density at radius 2 is 1.70 bits per heavy atom. The van der Waals surface area contributed by atoms with Crippen LogP contribution in [0.3, 0.4) is 0 Å². The van der Waals surface area contributed by atoms with E-state index < -0.39 is 0 Å². The Hall–Kier alpha value is -0.970. The highest BCUT2D eigenvalue weighted by molar-refractivity contribution is 5.91. The second-order valence-corrected chi connectivity index (χ2v) is 8.18. The molecule has 1 aromatic carbocycles. The average Bonchev–Trinajstić information content (AvgIpc) is 2.81. The Morgan fingerprint density at radius 3 is 2.37 bits per heavy atom. The molecule has 0 saturated carbocycles. The van der Waals surface area contributed by atoms with Gasteiger partial charge in [-0.25, -0.2) is 0 Å². The molecule has 0 aromatic heterocycles. The minimum absolute atomic E-state index is 0. The van der Waals surface area contributed by atoms with Gasteiger partial charge in [0.25, 0.3) is 0 Å². The molecule has 27 heavy (non-hydrogen) atoms. The Kier molecular flexibility index (Phi) is 8.71. The minimum atomic E-state index is 0. The van der Waals surface area contributed by atoms with Crippen molar-refractivity contribution in [3.8, 4) is 0 Å². The van der Waals surface area contributed by atoms with E-state index in [2.05, 4.69) is 33.7 Å². The lowest BCUT2D eigenvalue weighted by Crippen LogP contribution is -2.39. The van der Waals surface area contributed by atoms with Gasteiger partial charge in [-0.15, -0.1) is 24.8 Å². The van der Waals surface area contributed by atoms with E-state index >= 15 is 0 Å². The molecule has 2 unspecified atom stereocenters. The lowest BCUT2D eigenvalue weighted by molar-refractivity contribution is -0.117. The summed E-state index contributed by atoms with van der Waals surface area (Å²) in [5, 5.41) is 6.80. The molecule has 4 nitrogen and oxygen atoms in total. The first kappa shape index (κ1) is 22.3. The van der Waals surface area contributed by atoms with E-state index in [-0.39, 0.29) is 30.7 Å². The highest BCUT2D eigenvalue weighted by atomic mass is 35.5. The highest BCUT2D eigenvalue weighted by Gasteiger charge is 2.34. The average molecular weight is 414 g/mol. The molecule has 1 amide bonds. The summed E-state index contributed by atoms with van der Waals surface area (Å²) in [7, 11) is 0. The van der Waals surface area contributed by atoms with Crippen LogP contribution in [0.4, 0.5) is 11.4 Å². The molecular formula is C21H33Cl2N3O. The molecule has 2 atom stereocenters. The van der Waals surface area contributed by atoms with Gasteiger partial charge in [-0.1, -0.05) is 18.9 Å². The number of nitrogens with one attached hydrogen (secondary N) is 2. The number of nitrogens with zero attached hydrogens (tertiary/aromatic N) is 1. The third-order valence-electron chi connectivity index (χ3n) is 6.15. The third kappa shape index (κ3) is 6.00. The van der Waals surface area contributed by atoms with Crippen LogP contribution in [-0.2, 0) is 4.79 Å². The van der Waals surface area contributed by atoms with Crippen LogP contribution in [0.5, 0.6) is 0 Å². The number of piperidine rings is 1. The molecule has 3 saturated heterocycles. The van der Waals surface area contributed by atoms with E-state index in [1.54, 1.807) is 0 Å². The largest absolute Gasteiger partial charge is 0.371 e. The molecule has 0 aliphatic carbocycles. The number of amides is 1. The number of halogens is 2. The fraction of sp³-hybridized carbons (Fsp3) is 0.667. The van der Waals surface area contributed by atoms with Gasteiger partial charge in [0.1, 0.15) is 0 Å². The second-order valence-electron chi connectivity index (χ2n) is 8.18. The first-order chi connectivity index (χ1) is 12.3. The molecule has 1 aromatic rings. The number of hydrogen-bond donors (Lipinski definition) is 2. The fourth-order valence-electron chi connectivity index (χ4n) is 4.93. The van der Waals surface area contributed by atoms with Gasteiger partial charge in [-0.3, -0.25) is 4.79 Å². The monoisotopic (exact) mass is 413 g/mol. The first-order valence-corrected chi connectivity index (χ1v) is 10.2. The number of fused-ring (bicyclic) bond motifs is 2. The van der Waals surface area contributed by atoms with Gasteiger partial charge >= 0.3 is 0 Å². The van der Waals surface area contributed by atoms with Crippen molar-refractivity contribution in [1.82, 2.24) is 5.32 Å². The smallest absolute Gasteiger partial charge is 0.224 e. The van der Waals surface area contributed by atoms with Crippen molar-refractivity contribution in [2.75, 3.05) is 23.3 Å². The number of carbonyl (C=O) groups is 1. The summed E-state index contributed by atoms with van der Waals surface area (Å²) in [6, 6.07) is 9.72. The van der Waals surface area contributed by atoms with Crippen molar-refractivity contribution in [2.45, 2.75) is 69.9 Å². The van der Waals surface area contributed by atoms with Gasteiger partial charge in [0, 0.05) is 43.0 Å². The van der Waals surface area contributed by atoms with Gasteiger partial charge < -0.3 is 15.5 Å². The predicted octanol–water partition coefficient (Wildman–Crippen LogP) is 4.77. The van der Waals surface area contributed by atoms with E-state index in [1.165, 1.54) is 44.2 Å². The molecule has 4 rings (SSSR count). The molecule has 152 valence electrons. The van der Waals surface area contributed by atoms with E-state index in [4.69, 9.17) is 0 Å². The van der Waals surface area contributed by atoms with E-state index in [0.717, 1.165) is 31.6 Å². The quantitative estimate of drug-likeness (QED) is 0.746. The summed E-state index contributed by atoms with van der Waals surface area (Å²) in [4.78, 5) is 15.0. The van der Waals surface area contributed by atoms with Crippen molar-refractivity contribution in [1.29, 1.82) is 0 Å². The Labute approximate surface area is 175 Å². The number of rotatable bonds is 4. The predicted molar refractivity (Wildman–Crippen MR) is 118 cm³/mol. The van der Waals surface area contributed by atoms with Crippen molar-refractivity contribution in [3.05, 3.63) is 24.3 Å². The van der Waals surface area contributed by atoms with Crippen molar-refractivity contribution in [3.63, 3.8) is 0 Å². The van der Waals surface area contributed by atoms with Crippen LogP contribution >= 0.6 is 24.8 Å². The van der Waals surface area contributed by atoms with Crippen LogP contribution in [0.25, 0.3) is 0 Å². The summed E-state index contributed by atoms with van der Waals surface area (Å²) < 4.78 is 0. The first-order valence-electron chi connectivity index (χ1n) is 10.2. The Bertz CT molecular complexity index is 593. The normalized spacial score (nSPS) is 27.1. The van der Waals surface area contributed by atoms with Crippen LogP contribution in [0.2, 0.25) is 0 Å². The van der Waals surface area contributed by atoms with Crippen molar-refractivity contribution in [2.24, 2.45) is 5.92 Å². The maximum atomic E-state index is 12.5. The van der Waals surface area contributed by atoms with Crippen LogP contribution in [-0.4, -0.2) is 31.1 Å². The lowest BCUT2D eigenvalue weighted by Gasteiger charge is -2.28. The van der Waals surface area contributed by atoms with Crippen molar-refractivity contribution >= 4 is 42.1 Å². The van der Waals surface area contributed by atoms with Crippen LogP contribution in [0.1, 0.15) is 57.8 Å². The minimum Gasteiger partial charge on any atom is -0.371 e. The zero-order valence-corrected chi connectivity index (χ0v) is 17.6. The number of hydrogen-bond acceptors (Lipinski definition) is 3. The third-order valence-corrected chi connectivity index (χ3v) is 6.15. The summed E-state index contributed by atoms with van der Waals surface area (Å²) >= 11 is 0. The molecule has 3 aliphatic heterocycles. The molecule has 3 heterocycles. The van der Waals surface area contributed by atoms with Gasteiger partial charge in [0.2, 0.25) is 5.91 Å². The van der Waals surface area contributed by atoms with E-state index in [0.29, 0.717) is 24.4 Å². The molecule has 0 spiro atoms. The van der Waals surface area contributed by atoms with E-state index in [9.17, 15) is 4.79 Å². The molecular weight excluding hydrogens is 381 g/mol. The fourth-order valence-corrected chi connectivity index (χ4v) is 4.93. The highest BCUT2D eigenvalue weighted by Crippen LogP contribution is 2.33. The topological polar surface area (TPSA) is 44.4 Å². The zero-order chi connectivity index (χ0) is 17.1. The Balaban J connectivity index is 0.00000131. The summed E-state index contributed by atoms with van der Waals surface area (Å²) in [6.45, 7) is 2.27. The molecule has 0 radical (unpaired) electrons. The van der Waals surface area contributed by atoms with Crippen LogP contribution < -0.4 is 15.5 Å². The summed E-state index contributed by atoms with van der Waals surface area (Å²) in [5.74, 6) is 0.729. The molecule has 2 bridgehead atoms. The van der Waals surface area contributed by atoms with Crippen LogP contribution in [0.15, 0.2) is 24.3 Å². The van der Waals surface area contributed by atoms with E-state index in [1.807, 2.05) is 6.07 Å². The maximum absolute atomic E-state index is 12.5. The van der Waals surface area contributed by atoms with Crippen molar-refractivity contribution < 1.29 is 4.79 Å². The zero-order valence-electron chi connectivity index (χ0n) is 16.0. The second kappa shape index (κ2) is 10.5. The molecule has 2 N–H and O–H groups in total. The van der Waals surface area contributed by atoms with Gasteiger partial charge in [0.15, 0.2) is 0 Å². The maximum Gasteiger partial charge on any atom is 0.224 e. The molecule has 3 aliphatic rings. The number of carbonyl (C=O) groups excluding carboxylic acids is 1. The number of benzene rings is 1. The van der Waals surface area contributed by atoms with Gasteiger partial charge in [0.05, 0.1) is 0 Å². The molecule has 3 fully saturated rings. The number of anilines is 2. The molecule has 6 heteroatoms. The lowest BCUT2D eigenvalue weighted by atomic mass is 9.89. The van der Waals surface area contributed by atoms with Gasteiger partial charge in [-0.05, 0) is 62.6 Å². The van der Waals surface area contributed by atoms with Gasteiger partial charge in [-0.2, -0.15) is 0 Å². The Morgan fingerprint density at radius 1 is 1.04 bits per heavy atom. The SMILES string of the molecule is Cl.Cl.O=C(CC1CC2CCC(C1)N2)Nc1cccc(N2CCCCCC2)c1. The summed E-state index contributed by atoms with van der Waals surface area (Å²) in [6.07, 6.45) is 10.8. The van der Waals surface area contributed by atoms with Crippen LogP contribution in [0, 0.1) is 5.92 Å². The summed E-state index contributed by atoms with van der Waals surface area (Å²) in [5.41, 5.74) is 2.20. The standard InChI is InChI=1S/C21H31N3O.2ClH/c25-21(14-16-12-18-8-9-19(13-16)22-18)23-17-6-5-7-20(15-17)24-10-3-1-2-4-11-24;;/h5-7,15-16,18-19,22H,1-4,8-14H2,(H,23,25);2*1H.